The molecule has 3 heteroatoms. The van der Waals surface area contributed by atoms with Gasteiger partial charge in [0.15, 0.2) is 0 Å². The fourth-order valence-electron chi connectivity index (χ4n) is 3.67. The van der Waals surface area contributed by atoms with Gasteiger partial charge in [0.2, 0.25) is 0 Å². The maximum absolute atomic E-state index is 11.0. The molecule has 2 nitrogen and oxygen atoms in total. The van der Waals surface area contributed by atoms with Crippen molar-refractivity contribution < 1.29 is 5.11 Å². The minimum Gasteiger partial charge on any atom is -0.388 e. The third-order valence-electron chi connectivity index (χ3n) is 4.64. The van der Waals surface area contributed by atoms with Gasteiger partial charge in [0, 0.05) is 12.0 Å². The molecular formula is C18H24ClNO. The molecule has 0 fully saturated rings. The van der Waals surface area contributed by atoms with Crippen LogP contribution in [0.2, 0.25) is 0 Å². The number of aliphatic hydroxyl groups is 1. The summed E-state index contributed by atoms with van der Waals surface area (Å²) < 4.78 is 0. The van der Waals surface area contributed by atoms with E-state index in [9.17, 15) is 5.11 Å². The van der Waals surface area contributed by atoms with Gasteiger partial charge in [0.1, 0.15) is 0 Å². The van der Waals surface area contributed by atoms with Gasteiger partial charge in [-0.25, -0.2) is 0 Å². The zero-order valence-corrected chi connectivity index (χ0v) is 13.8. The molecule has 2 aromatic rings. The van der Waals surface area contributed by atoms with Crippen molar-refractivity contribution in [3.8, 4) is 0 Å². The lowest BCUT2D eigenvalue weighted by Gasteiger charge is -2.42. The van der Waals surface area contributed by atoms with Crippen molar-refractivity contribution in [2.75, 3.05) is 20.6 Å². The number of nitrogens with zero attached hydrogens (tertiary/aromatic N) is 1. The third-order valence-corrected chi connectivity index (χ3v) is 4.64. The summed E-state index contributed by atoms with van der Waals surface area (Å²) in [5.74, 6) is 0. The lowest BCUT2D eigenvalue weighted by atomic mass is 9.69. The monoisotopic (exact) mass is 305 g/mol. The van der Waals surface area contributed by atoms with E-state index in [0.29, 0.717) is 0 Å². The van der Waals surface area contributed by atoms with Crippen molar-refractivity contribution in [1.82, 2.24) is 4.90 Å². The van der Waals surface area contributed by atoms with Crippen molar-refractivity contribution in [3.05, 3.63) is 47.5 Å². The first-order valence-corrected chi connectivity index (χ1v) is 7.34. The van der Waals surface area contributed by atoms with Crippen molar-refractivity contribution in [2.24, 2.45) is 5.41 Å². The van der Waals surface area contributed by atoms with Crippen LogP contribution in [0.4, 0.5) is 0 Å². The van der Waals surface area contributed by atoms with Crippen LogP contribution in [-0.2, 0) is 6.42 Å². The lowest BCUT2D eigenvalue weighted by Crippen LogP contribution is -2.39. The Morgan fingerprint density at radius 2 is 1.90 bits per heavy atom. The highest BCUT2D eigenvalue weighted by Gasteiger charge is 2.39. The summed E-state index contributed by atoms with van der Waals surface area (Å²) in [4.78, 5) is 2.18. The summed E-state index contributed by atoms with van der Waals surface area (Å²) in [7, 11) is 4.16. The fourth-order valence-corrected chi connectivity index (χ4v) is 3.67. The molecule has 2 unspecified atom stereocenters. The van der Waals surface area contributed by atoms with Crippen LogP contribution in [0.15, 0.2) is 36.4 Å². The zero-order chi connectivity index (χ0) is 14.3. The highest BCUT2D eigenvalue weighted by molar-refractivity contribution is 5.87. The van der Waals surface area contributed by atoms with Crippen LogP contribution in [0.1, 0.15) is 30.6 Å². The van der Waals surface area contributed by atoms with Crippen LogP contribution >= 0.6 is 12.4 Å². The summed E-state index contributed by atoms with van der Waals surface area (Å²) in [6.45, 7) is 3.12. The Kier molecular flexibility index (Phi) is 4.62. The molecule has 0 spiro atoms. The predicted molar refractivity (Wildman–Crippen MR) is 91.1 cm³/mol. The van der Waals surface area contributed by atoms with E-state index in [1.165, 1.54) is 16.3 Å². The number of aliphatic hydroxyl groups excluding tert-OH is 1. The largest absolute Gasteiger partial charge is 0.388 e. The Morgan fingerprint density at radius 3 is 2.62 bits per heavy atom. The van der Waals surface area contributed by atoms with E-state index < -0.39 is 0 Å². The number of aryl methyl sites for hydroxylation is 1. The molecule has 0 amide bonds. The van der Waals surface area contributed by atoms with Crippen molar-refractivity contribution >= 4 is 23.2 Å². The molecule has 0 heterocycles. The topological polar surface area (TPSA) is 23.5 Å². The maximum atomic E-state index is 11.0. The average molecular weight is 306 g/mol. The minimum absolute atomic E-state index is 0. The van der Waals surface area contributed by atoms with Gasteiger partial charge in [-0.2, -0.15) is 0 Å². The van der Waals surface area contributed by atoms with Gasteiger partial charge in [-0.15, -0.1) is 12.4 Å². The number of rotatable bonds is 2. The maximum Gasteiger partial charge on any atom is 0.0864 e. The first-order chi connectivity index (χ1) is 9.51. The van der Waals surface area contributed by atoms with E-state index in [0.717, 1.165) is 24.9 Å². The standard InChI is InChI=1S/C18H23NO.ClH/c1-18(12-19(2)3)11-10-14-9-8-13-6-4-5-7-15(13)16(14)17(18)20;/h4-9,17,20H,10-12H2,1-3H3;1H. The van der Waals surface area contributed by atoms with Crippen LogP contribution < -0.4 is 0 Å². The molecule has 114 valence electrons. The molecule has 1 aliphatic rings. The third kappa shape index (κ3) is 2.80. The number of hydrogen-bond donors (Lipinski definition) is 1. The Balaban J connectivity index is 0.00000161. The minimum atomic E-state index is -0.389. The second-order valence-electron chi connectivity index (χ2n) is 6.65. The second kappa shape index (κ2) is 5.96. The lowest BCUT2D eigenvalue weighted by molar-refractivity contribution is 0.00396. The molecule has 2 aromatic carbocycles. The molecule has 1 aliphatic carbocycles. The summed E-state index contributed by atoms with van der Waals surface area (Å²) in [6, 6.07) is 12.8. The summed E-state index contributed by atoms with van der Waals surface area (Å²) in [6.07, 6.45) is 1.71. The number of halogens is 1. The van der Waals surface area contributed by atoms with Crippen LogP contribution in [-0.4, -0.2) is 30.6 Å². The van der Waals surface area contributed by atoms with Gasteiger partial charge >= 0.3 is 0 Å². The highest BCUT2D eigenvalue weighted by Crippen LogP contribution is 2.46. The zero-order valence-electron chi connectivity index (χ0n) is 13.0. The fraction of sp³-hybridized carbons (Fsp3) is 0.444. The number of benzene rings is 2. The van der Waals surface area contributed by atoms with E-state index in [-0.39, 0.29) is 23.9 Å². The molecule has 21 heavy (non-hydrogen) atoms. The van der Waals surface area contributed by atoms with Gasteiger partial charge < -0.3 is 10.0 Å². The van der Waals surface area contributed by atoms with E-state index in [2.05, 4.69) is 62.3 Å². The van der Waals surface area contributed by atoms with Gasteiger partial charge in [0.25, 0.3) is 0 Å². The van der Waals surface area contributed by atoms with Crippen LogP contribution in [0, 0.1) is 5.41 Å². The van der Waals surface area contributed by atoms with Gasteiger partial charge in [-0.1, -0.05) is 43.3 Å². The average Bonchev–Trinajstić information content (AvgIpc) is 2.42. The molecule has 0 aliphatic heterocycles. The van der Waals surface area contributed by atoms with Crippen LogP contribution in [0.25, 0.3) is 10.8 Å². The molecule has 0 saturated heterocycles. The molecule has 2 atom stereocenters. The molecule has 1 N–H and O–H groups in total. The highest BCUT2D eigenvalue weighted by atomic mass is 35.5. The molecule has 0 aromatic heterocycles. The smallest absolute Gasteiger partial charge is 0.0864 e. The van der Waals surface area contributed by atoms with Crippen LogP contribution in [0.3, 0.4) is 0 Å². The SMILES string of the molecule is CN(C)CC1(C)CCc2ccc3ccccc3c2C1O.Cl. The number of fused-ring (bicyclic) bond motifs is 3. The Morgan fingerprint density at radius 1 is 1.19 bits per heavy atom. The van der Waals surface area contributed by atoms with Crippen molar-refractivity contribution in [3.63, 3.8) is 0 Å². The first kappa shape index (κ1) is 16.3. The Bertz CT molecular complexity index is 640. The molecule has 0 bridgehead atoms. The molecule has 0 saturated carbocycles. The number of hydrogen-bond acceptors (Lipinski definition) is 2. The van der Waals surface area contributed by atoms with Gasteiger partial charge in [0.05, 0.1) is 6.10 Å². The Hall–Kier alpha value is -1.09. The summed E-state index contributed by atoms with van der Waals surface area (Å²) in [5, 5.41) is 13.4. The van der Waals surface area contributed by atoms with Gasteiger partial charge in [-0.05, 0) is 48.8 Å². The normalized spacial score (nSPS) is 24.7. The molecule has 3 rings (SSSR count). The van der Waals surface area contributed by atoms with E-state index in [1.54, 1.807) is 0 Å². The van der Waals surface area contributed by atoms with Crippen molar-refractivity contribution in [1.29, 1.82) is 0 Å². The second-order valence-corrected chi connectivity index (χ2v) is 6.65. The van der Waals surface area contributed by atoms with Crippen molar-refractivity contribution in [2.45, 2.75) is 25.9 Å². The first-order valence-electron chi connectivity index (χ1n) is 7.34. The summed E-state index contributed by atoms with van der Waals surface area (Å²) >= 11 is 0. The van der Waals surface area contributed by atoms with E-state index >= 15 is 0 Å². The van der Waals surface area contributed by atoms with Gasteiger partial charge in [-0.3, -0.25) is 0 Å². The van der Waals surface area contributed by atoms with E-state index in [4.69, 9.17) is 0 Å². The quantitative estimate of drug-likeness (QED) is 0.912. The molecular weight excluding hydrogens is 282 g/mol. The predicted octanol–water partition coefficient (Wildman–Crippen LogP) is 3.81. The van der Waals surface area contributed by atoms with Crippen LogP contribution in [0.5, 0.6) is 0 Å². The van der Waals surface area contributed by atoms with E-state index in [1.807, 2.05) is 0 Å². The summed E-state index contributed by atoms with van der Waals surface area (Å²) in [5.41, 5.74) is 2.40. The Labute approximate surface area is 133 Å². The molecule has 0 radical (unpaired) electrons.